The van der Waals surface area contributed by atoms with Gasteiger partial charge in [0, 0.05) is 13.5 Å². The van der Waals surface area contributed by atoms with E-state index in [2.05, 4.69) is 10.6 Å². The molecule has 1 rings (SSSR count). The topological polar surface area (TPSA) is 95.5 Å². The average molecular weight is 256 g/mol. The van der Waals surface area contributed by atoms with Gasteiger partial charge in [-0.05, 0) is 18.8 Å². The van der Waals surface area contributed by atoms with Gasteiger partial charge in [-0.25, -0.2) is 0 Å². The van der Waals surface area contributed by atoms with Crippen molar-refractivity contribution in [3.8, 4) is 0 Å². The lowest BCUT2D eigenvalue weighted by molar-refractivity contribution is -0.143. The van der Waals surface area contributed by atoms with Crippen LogP contribution in [0.2, 0.25) is 0 Å². The number of nitrogens with one attached hydrogen (secondary N) is 2. The molecular formula is C12H20N2O4. The Morgan fingerprint density at radius 2 is 1.83 bits per heavy atom. The molecule has 6 nitrogen and oxygen atoms in total. The molecule has 1 saturated carbocycles. The first-order chi connectivity index (χ1) is 8.28. The Bertz CT molecular complexity index is 361. The first-order valence-electron chi connectivity index (χ1n) is 6.07. The highest BCUT2D eigenvalue weighted by Gasteiger charge is 2.50. The van der Waals surface area contributed by atoms with E-state index in [1.165, 1.54) is 6.92 Å². The Morgan fingerprint density at radius 3 is 2.17 bits per heavy atom. The first-order valence-corrected chi connectivity index (χ1v) is 6.07. The van der Waals surface area contributed by atoms with E-state index < -0.39 is 17.4 Å². The van der Waals surface area contributed by atoms with Crippen molar-refractivity contribution in [3.05, 3.63) is 0 Å². The standard InChI is InChI=1S/C12H20N2O4/c1-7(2)9(14-8(3)15)10(16)13-6-12(4-5-12)11(17)18/h7,9H,4-6H2,1-3H3,(H,13,16)(H,14,15)(H,17,18). The van der Waals surface area contributed by atoms with Gasteiger partial charge in [0.2, 0.25) is 11.8 Å². The van der Waals surface area contributed by atoms with Gasteiger partial charge in [-0.2, -0.15) is 0 Å². The highest BCUT2D eigenvalue weighted by molar-refractivity contribution is 5.87. The molecule has 1 atom stereocenters. The molecule has 0 bridgehead atoms. The van der Waals surface area contributed by atoms with Crippen LogP contribution in [-0.2, 0) is 14.4 Å². The summed E-state index contributed by atoms with van der Waals surface area (Å²) in [4.78, 5) is 33.9. The van der Waals surface area contributed by atoms with E-state index in [4.69, 9.17) is 5.11 Å². The molecule has 18 heavy (non-hydrogen) atoms. The largest absolute Gasteiger partial charge is 0.481 e. The first kappa shape index (κ1) is 14.5. The van der Waals surface area contributed by atoms with E-state index >= 15 is 0 Å². The third kappa shape index (κ3) is 3.45. The lowest BCUT2D eigenvalue weighted by Crippen LogP contribution is -2.50. The van der Waals surface area contributed by atoms with Crippen LogP contribution >= 0.6 is 0 Å². The molecule has 1 aliphatic carbocycles. The molecule has 102 valence electrons. The quantitative estimate of drug-likeness (QED) is 0.629. The molecule has 1 fully saturated rings. The zero-order valence-electron chi connectivity index (χ0n) is 10.9. The van der Waals surface area contributed by atoms with Crippen LogP contribution in [0.25, 0.3) is 0 Å². The number of aliphatic carboxylic acids is 1. The SMILES string of the molecule is CC(=O)NC(C(=O)NCC1(C(=O)O)CC1)C(C)C. The van der Waals surface area contributed by atoms with Crippen LogP contribution in [0, 0.1) is 11.3 Å². The van der Waals surface area contributed by atoms with Crippen LogP contribution in [-0.4, -0.2) is 35.5 Å². The minimum Gasteiger partial charge on any atom is -0.481 e. The Balaban J connectivity index is 2.52. The molecule has 0 radical (unpaired) electrons. The second-order valence-electron chi connectivity index (χ2n) is 5.23. The molecule has 0 spiro atoms. The Hall–Kier alpha value is -1.59. The maximum atomic E-state index is 11.9. The summed E-state index contributed by atoms with van der Waals surface area (Å²) in [5.41, 5.74) is -0.784. The number of rotatable bonds is 6. The molecule has 0 saturated heterocycles. The predicted octanol–water partition coefficient (Wildman–Crippen LogP) is 0.128. The minimum atomic E-state index is -0.872. The van der Waals surface area contributed by atoms with E-state index in [0.29, 0.717) is 12.8 Å². The smallest absolute Gasteiger partial charge is 0.311 e. The molecule has 3 N–H and O–H groups in total. The predicted molar refractivity (Wildman–Crippen MR) is 64.8 cm³/mol. The van der Waals surface area contributed by atoms with Gasteiger partial charge in [-0.15, -0.1) is 0 Å². The van der Waals surface area contributed by atoms with E-state index in [1.54, 1.807) is 0 Å². The Morgan fingerprint density at radius 1 is 1.28 bits per heavy atom. The molecular weight excluding hydrogens is 236 g/mol. The number of hydrogen-bond donors (Lipinski definition) is 3. The van der Waals surface area contributed by atoms with Gasteiger partial charge in [0.1, 0.15) is 6.04 Å². The number of amides is 2. The molecule has 2 amide bonds. The Labute approximate surface area is 106 Å². The number of carboxylic acid groups (broad SMARTS) is 1. The number of carbonyl (C=O) groups excluding carboxylic acids is 2. The van der Waals surface area contributed by atoms with Gasteiger partial charge in [-0.3, -0.25) is 14.4 Å². The van der Waals surface area contributed by atoms with Crippen LogP contribution in [0.15, 0.2) is 0 Å². The van der Waals surface area contributed by atoms with Crippen molar-refractivity contribution in [2.75, 3.05) is 6.54 Å². The van der Waals surface area contributed by atoms with Crippen molar-refractivity contribution in [1.82, 2.24) is 10.6 Å². The number of carboxylic acids is 1. The summed E-state index contributed by atoms with van der Waals surface area (Å²) in [5.74, 6) is -1.52. The minimum absolute atomic E-state index is 0.0473. The number of hydrogen-bond acceptors (Lipinski definition) is 3. The highest BCUT2D eigenvalue weighted by atomic mass is 16.4. The summed E-state index contributed by atoms with van der Waals surface area (Å²) in [5, 5.41) is 14.2. The van der Waals surface area contributed by atoms with Crippen molar-refractivity contribution >= 4 is 17.8 Å². The Kier molecular flexibility index (Phi) is 4.32. The van der Waals surface area contributed by atoms with Crippen LogP contribution in [0.1, 0.15) is 33.6 Å². The van der Waals surface area contributed by atoms with Crippen molar-refractivity contribution < 1.29 is 19.5 Å². The third-order valence-corrected chi connectivity index (χ3v) is 3.22. The van der Waals surface area contributed by atoms with E-state index in [9.17, 15) is 14.4 Å². The van der Waals surface area contributed by atoms with Gasteiger partial charge in [0.15, 0.2) is 0 Å². The third-order valence-electron chi connectivity index (χ3n) is 3.22. The zero-order valence-corrected chi connectivity index (χ0v) is 10.9. The highest BCUT2D eigenvalue weighted by Crippen LogP contribution is 2.45. The monoisotopic (exact) mass is 256 g/mol. The molecule has 1 unspecified atom stereocenters. The fourth-order valence-electron chi connectivity index (χ4n) is 1.74. The summed E-state index contributed by atoms with van der Waals surface area (Å²) >= 11 is 0. The van der Waals surface area contributed by atoms with Gasteiger partial charge in [0.25, 0.3) is 0 Å². The van der Waals surface area contributed by atoms with Crippen molar-refractivity contribution in [2.45, 2.75) is 39.7 Å². The molecule has 0 aromatic heterocycles. The fourth-order valence-corrected chi connectivity index (χ4v) is 1.74. The molecule has 6 heteroatoms. The van der Waals surface area contributed by atoms with Crippen LogP contribution in [0.5, 0.6) is 0 Å². The molecule has 0 aromatic rings. The zero-order chi connectivity index (χ0) is 13.9. The second kappa shape index (κ2) is 5.37. The van der Waals surface area contributed by atoms with E-state index in [1.807, 2.05) is 13.8 Å². The summed E-state index contributed by atoms with van der Waals surface area (Å²) in [7, 11) is 0. The van der Waals surface area contributed by atoms with E-state index in [-0.39, 0.29) is 24.3 Å². The van der Waals surface area contributed by atoms with Crippen molar-refractivity contribution in [1.29, 1.82) is 0 Å². The van der Waals surface area contributed by atoms with Crippen molar-refractivity contribution in [3.63, 3.8) is 0 Å². The van der Waals surface area contributed by atoms with Gasteiger partial charge in [0.05, 0.1) is 5.41 Å². The molecule has 0 heterocycles. The summed E-state index contributed by atoms with van der Waals surface area (Å²) in [6.45, 7) is 5.13. The van der Waals surface area contributed by atoms with E-state index in [0.717, 1.165) is 0 Å². The van der Waals surface area contributed by atoms with Crippen LogP contribution in [0.3, 0.4) is 0 Å². The lowest BCUT2D eigenvalue weighted by atomic mass is 10.0. The normalized spacial score (nSPS) is 18.0. The van der Waals surface area contributed by atoms with Gasteiger partial charge in [-0.1, -0.05) is 13.8 Å². The van der Waals surface area contributed by atoms with Gasteiger partial charge >= 0.3 is 5.97 Å². The molecule has 1 aliphatic rings. The van der Waals surface area contributed by atoms with Crippen LogP contribution in [0.4, 0.5) is 0 Å². The maximum absolute atomic E-state index is 11.9. The summed E-state index contributed by atoms with van der Waals surface area (Å²) in [6, 6.07) is -0.618. The van der Waals surface area contributed by atoms with Crippen molar-refractivity contribution in [2.24, 2.45) is 11.3 Å². The second-order valence-corrected chi connectivity index (χ2v) is 5.23. The lowest BCUT2D eigenvalue weighted by Gasteiger charge is -2.22. The summed E-state index contributed by atoms with van der Waals surface area (Å²) < 4.78 is 0. The average Bonchev–Trinajstić information content (AvgIpc) is 3.03. The molecule has 0 aromatic carbocycles. The van der Waals surface area contributed by atoms with Crippen LogP contribution < -0.4 is 10.6 Å². The summed E-state index contributed by atoms with van der Waals surface area (Å²) in [6.07, 6.45) is 1.18. The van der Waals surface area contributed by atoms with Gasteiger partial charge < -0.3 is 15.7 Å². The fraction of sp³-hybridized carbons (Fsp3) is 0.750. The number of carbonyl (C=O) groups is 3. The molecule has 0 aliphatic heterocycles. The maximum Gasteiger partial charge on any atom is 0.311 e.